The van der Waals surface area contributed by atoms with Crippen molar-refractivity contribution in [2.24, 2.45) is 0 Å². The van der Waals surface area contributed by atoms with E-state index in [1.54, 1.807) is 0 Å². The summed E-state index contributed by atoms with van der Waals surface area (Å²) in [6, 6.07) is 1.54. The highest BCUT2D eigenvalue weighted by Crippen LogP contribution is 2.09. The van der Waals surface area contributed by atoms with Gasteiger partial charge in [-0.2, -0.15) is 0 Å². The molecule has 15 heavy (non-hydrogen) atoms. The molecule has 1 heterocycles. The molecule has 1 rings (SSSR count). The summed E-state index contributed by atoms with van der Waals surface area (Å²) in [6.45, 7) is 0.272. The van der Waals surface area contributed by atoms with Crippen molar-refractivity contribution in [3.8, 4) is 0 Å². The Morgan fingerprint density at radius 2 is 2.33 bits per heavy atom. The highest BCUT2D eigenvalue weighted by molar-refractivity contribution is 5.86. The minimum atomic E-state index is -1.13. The Hall–Kier alpha value is -1.82. The first-order chi connectivity index (χ1) is 7.15. The first kappa shape index (κ1) is 11.3. The van der Waals surface area contributed by atoms with Gasteiger partial charge in [-0.05, 0) is 6.07 Å². The number of hydrogen-bond donors (Lipinski definition) is 2. The Morgan fingerprint density at radius 3 is 2.93 bits per heavy atom. The molecule has 0 bridgehead atoms. The van der Waals surface area contributed by atoms with E-state index >= 15 is 0 Å². The van der Waals surface area contributed by atoms with E-state index in [2.05, 4.69) is 10.1 Å². The van der Waals surface area contributed by atoms with Crippen molar-refractivity contribution in [2.75, 3.05) is 13.7 Å². The average Bonchev–Trinajstić information content (AvgIpc) is 2.65. The molecule has 1 aromatic heterocycles. The van der Waals surface area contributed by atoms with Gasteiger partial charge < -0.3 is 19.6 Å². The van der Waals surface area contributed by atoms with Crippen LogP contribution in [0.1, 0.15) is 16.1 Å². The molecular weight excluding hydrogens is 202 g/mol. The van der Waals surface area contributed by atoms with E-state index in [-0.39, 0.29) is 18.8 Å². The minimum Gasteiger partial charge on any atom is -0.475 e. The number of aromatic carboxylic acids is 1. The fraction of sp³-hybridized carbons (Fsp3) is 0.333. The molecule has 0 fully saturated rings. The lowest BCUT2D eigenvalue weighted by Gasteiger charge is -2.01. The lowest BCUT2D eigenvalue weighted by atomic mass is 10.2. The van der Waals surface area contributed by atoms with Crippen LogP contribution in [-0.4, -0.2) is 30.7 Å². The number of furan rings is 1. The molecule has 0 aromatic carbocycles. The van der Waals surface area contributed by atoms with E-state index < -0.39 is 11.9 Å². The predicted molar refractivity (Wildman–Crippen MR) is 49.4 cm³/mol. The number of nitrogens with one attached hydrogen (secondary N) is 1. The van der Waals surface area contributed by atoms with Gasteiger partial charge in [-0.3, -0.25) is 4.79 Å². The van der Waals surface area contributed by atoms with Crippen molar-refractivity contribution in [1.82, 2.24) is 5.32 Å². The second-order valence-corrected chi connectivity index (χ2v) is 2.76. The Morgan fingerprint density at radius 1 is 1.60 bits per heavy atom. The first-order valence-corrected chi connectivity index (χ1v) is 4.22. The topological polar surface area (TPSA) is 88.8 Å². The number of ether oxygens (including phenoxy) is 1. The normalized spacial score (nSPS) is 9.93. The van der Waals surface area contributed by atoms with Crippen LogP contribution in [-0.2, 0) is 16.1 Å². The summed E-state index contributed by atoms with van der Waals surface area (Å²) in [5.74, 6) is -1.65. The predicted octanol–water partition coefficient (Wildman–Crippen LogP) is 0.240. The molecule has 0 radical (unpaired) electrons. The fourth-order valence-electron chi connectivity index (χ4n) is 1.03. The van der Waals surface area contributed by atoms with E-state index in [0.717, 1.165) is 0 Å². The van der Waals surface area contributed by atoms with Crippen LogP contribution in [0.25, 0.3) is 0 Å². The standard InChI is InChI=1S/C9H11NO5/c1-14-7(11)5-10-4-6-2-3-15-8(6)9(12)13/h2-3,10H,4-5H2,1H3,(H,12,13). The molecular formula is C9H11NO5. The van der Waals surface area contributed by atoms with Gasteiger partial charge in [0, 0.05) is 12.1 Å². The second kappa shape index (κ2) is 5.16. The van der Waals surface area contributed by atoms with E-state index in [1.807, 2.05) is 0 Å². The maximum Gasteiger partial charge on any atom is 0.372 e. The van der Waals surface area contributed by atoms with Gasteiger partial charge in [0.15, 0.2) is 0 Å². The first-order valence-electron chi connectivity index (χ1n) is 4.22. The number of esters is 1. The van der Waals surface area contributed by atoms with Crippen LogP contribution < -0.4 is 5.32 Å². The fourth-order valence-corrected chi connectivity index (χ4v) is 1.03. The molecule has 0 amide bonds. The van der Waals surface area contributed by atoms with Crippen LogP contribution in [0.5, 0.6) is 0 Å². The number of carbonyl (C=O) groups excluding carboxylic acids is 1. The van der Waals surface area contributed by atoms with Gasteiger partial charge in [-0.25, -0.2) is 4.79 Å². The molecule has 0 atom stereocenters. The van der Waals surface area contributed by atoms with Gasteiger partial charge in [-0.1, -0.05) is 0 Å². The molecule has 0 aliphatic rings. The summed E-state index contributed by atoms with van der Waals surface area (Å²) in [5, 5.41) is 11.4. The summed E-state index contributed by atoms with van der Waals surface area (Å²) >= 11 is 0. The second-order valence-electron chi connectivity index (χ2n) is 2.76. The number of rotatable bonds is 5. The van der Waals surface area contributed by atoms with E-state index in [9.17, 15) is 9.59 Å². The third kappa shape index (κ3) is 3.10. The van der Waals surface area contributed by atoms with Crippen LogP contribution in [0.4, 0.5) is 0 Å². The zero-order chi connectivity index (χ0) is 11.3. The smallest absolute Gasteiger partial charge is 0.372 e. The molecule has 0 spiro atoms. The van der Waals surface area contributed by atoms with Crippen molar-refractivity contribution in [3.05, 3.63) is 23.7 Å². The lowest BCUT2D eigenvalue weighted by molar-refractivity contribution is -0.139. The van der Waals surface area contributed by atoms with Gasteiger partial charge in [0.25, 0.3) is 0 Å². The Labute approximate surface area is 85.8 Å². The van der Waals surface area contributed by atoms with E-state index in [0.29, 0.717) is 5.56 Å². The van der Waals surface area contributed by atoms with Crippen molar-refractivity contribution in [1.29, 1.82) is 0 Å². The van der Waals surface area contributed by atoms with Gasteiger partial charge in [0.2, 0.25) is 5.76 Å². The van der Waals surface area contributed by atoms with Gasteiger partial charge in [-0.15, -0.1) is 0 Å². The minimum absolute atomic E-state index is 0.0285. The maximum absolute atomic E-state index is 10.7. The molecule has 2 N–H and O–H groups in total. The summed E-state index contributed by atoms with van der Waals surface area (Å²) in [7, 11) is 1.28. The number of carbonyl (C=O) groups is 2. The molecule has 82 valence electrons. The molecule has 6 nitrogen and oxygen atoms in total. The molecule has 0 saturated carbocycles. The maximum atomic E-state index is 10.7. The van der Waals surface area contributed by atoms with Crippen molar-refractivity contribution in [2.45, 2.75) is 6.54 Å². The van der Waals surface area contributed by atoms with E-state index in [1.165, 1.54) is 19.4 Å². The van der Waals surface area contributed by atoms with Crippen molar-refractivity contribution in [3.63, 3.8) is 0 Å². The number of hydrogen-bond acceptors (Lipinski definition) is 5. The van der Waals surface area contributed by atoms with Crippen LogP contribution in [0.3, 0.4) is 0 Å². The van der Waals surface area contributed by atoms with Crippen LogP contribution in [0.2, 0.25) is 0 Å². The van der Waals surface area contributed by atoms with Crippen molar-refractivity contribution >= 4 is 11.9 Å². The molecule has 0 aliphatic carbocycles. The van der Waals surface area contributed by atoms with Crippen LogP contribution in [0.15, 0.2) is 16.7 Å². The number of methoxy groups -OCH3 is 1. The summed E-state index contributed by atoms with van der Waals surface area (Å²) < 4.78 is 9.16. The van der Waals surface area contributed by atoms with Gasteiger partial charge in [0.05, 0.1) is 19.9 Å². The third-order valence-electron chi connectivity index (χ3n) is 1.75. The van der Waals surface area contributed by atoms with Gasteiger partial charge >= 0.3 is 11.9 Å². The van der Waals surface area contributed by atoms with Gasteiger partial charge in [0.1, 0.15) is 0 Å². The number of carboxylic acid groups (broad SMARTS) is 1. The lowest BCUT2D eigenvalue weighted by Crippen LogP contribution is -2.23. The molecule has 1 aromatic rings. The molecule has 0 aliphatic heterocycles. The molecule has 0 unspecified atom stereocenters. The third-order valence-corrected chi connectivity index (χ3v) is 1.75. The highest BCUT2D eigenvalue weighted by Gasteiger charge is 2.13. The quantitative estimate of drug-likeness (QED) is 0.681. The Kier molecular flexibility index (Phi) is 3.87. The van der Waals surface area contributed by atoms with Crippen LogP contribution in [0, 0.1) is 0 Å². The van der Waals surface area contributed by atoms with Crippen LogP contribution >= 0.6 is 0 Å². The molecule has 0 saturated heterocycles. The largest absolute Gasteiger partial charge is 0.475 e. The number of carboxylic acids is 1. The van der Waals surface area contributed by atoms with E-state index in [4.69, 9.17) is 9.52 Å². The zero-order valence-corrected chi connectivity index (χ0v) is 8.15. The SMILES string of the molecule is COC(=O)CNCc1ccoc1C(=O)O. The highest BCUT2D eigenvalue weighted by atomic mass is 16.5. The summed E-state index contributed by atoms with van der Waals surface area (Å²) in [6.07, 6.45) is 1.29. The van der Waals surface area contributed by atoms with Crippen molar-refractivity contribution < 1.29 is 23.8 Å². The summed E-state index contributed by atoms with van der Waals surface area (Å²) in [4.78, 5) is 21.4. The Balaban J connectivity index is 2.47. The zero-order valence-electron chi connectivity index (χ0n) is 8.15. The summed E-state index contributed by atoms with van der Waals surface area (Å²) in [5.41, 5.74) is 0.492. The average molecular weight is 213 g/mol. The monoisotopic (exact) mass is 213 g/mol. The molecule has 6 heteroatoms. The Bertz CT molecular complexity index is 357.